The van der Waals surface area contributed by atoms with Gasteiger partial charge in [-0.1, -0.05) is 38.1 Å². The zero-order valence-electron chi connectivity index (χ0n) is 11.4. The van der Waals surface area contributed by atoms with E-state index in [0.29, 0.717) is 18.4 Å². The molecule has 2 nitrogen and oxygen atoms in total. The summed E-state index contributed by atoms with van der Waals surface area (Å²) in [5.74, 6) is 1.84. The molecule has 0 bridgehead atoms. The van der Waals surface area contributed by atoms with Crippen molar-refractivity contribution in [1.82, 2.24) is 0 Å². The fourth-order valence-electron chi connectivity index (χ4n) is 2.62. The number of benzene rings is 2. The average Bonchev–Trinajstić information content (AvgIpc) is 2.81. The van der Waals surface area contributed by atoms with Crippen LogP contribution in [0.25, 0.3) is 0 Å². The summed E-state index contributed by atoms with van der Waals surface area (Å²) in [7, 11) is 0. The second kappa shape index (κ2) is 4.61. The van der Waals surface area contributed by atoms with Crippen LogP contribution in [0.2, 0.25) is 0 Å². The van der Waals surface area contributed by atoms with Crippen LogP contribution in [0.4, 0.5) is 5.69 Å². The van der Waals surface area contributed by atoms with Gasteiger partial charge in [0, 0.05) is 17.2 Å². The molecule has 0 radical (unpaired) electrons. The van der Waals surface area contributed by atoms with Crippen molar-refractivity contribution in [1.29, 1.82) is 0 Å². The lowest BCUT2D eigenvalue weighted by atomic mass is 9.91. The third kappa shape index (κ3) is 2.19. The quantitative estimate of drug-likeness (QED) is 0.823. The summed E-state index contributed by atoms with van der Waals surface area (Å²) in [4.78, 5) is 0. The first-order valence-electron chi connectivity index (χ1n) is 6.77. The van der Waals surface area contributed by atoms with E-state index in [-0.39, 0.29) is 0 Å². The molecular formula is C17H19NO. The molecule has 0 aliphatic carbocycles. The minimum atomic E-state index is 0.305. The smallest absolute Gasteiger partial charge is 0.123 e. The van der Waals surface area contributed by atoms with Crippen LogP contribution >= 0.6 is 0 Å². The Morgan fingerprint density at radius 3 is 2.53 bits per heavy atom. The van der Waals surface area contributed by atoms with Crippen LogP contribution < -0.4 is 10.5 Å². The van der Waals surface area contributed by atoms with Crippen molar-refractivity contribution in [3.8, 4) is 5.75 Å². The molecule has 3 rings (SSSR count). The third-order valence-electron chi connectivity index (χ3n) is 3.82. The topological polar surface area (TPSA) is 35.2 Å². The molecule has 0 saturated carbocycles. The first-order valence-corrected chi connectivity index (χ1v) is 6.77. The Morgan fingerprint density at radius 2 is 1.84 bits per heavy atom. The number of rotatable bonds is 2. The van der Waals surface area contributed by atoms with E-state index in [0.717, 1.165) is 11.4 Å². The summed E-state index contributed by atoms with van der Waals surface area (Å²) in [5, 5.41) is 0. The van der Waals surface area contributed by atoms with Crippen LogP contribution in [0.1, 0.15) is 42.4 Å². The van der Waals surface area contributed by atoms with Gasteiger partial charge >= 0.3 is 0 Å². The summed E-state index contributed by atoms with van der Waals surface area (Å²) in [5.41, 5.74) is 10.6. The minimum Gasteiger partial charge on any atom is -0.492 e. The highest BCUT2D eigenvalue weighted by Gasteiger charge is 2.25. The van der Waals surface area contributed by atoms with E-state index in [2.05, 4.69) is 38.1 Å². The molecule has 0 saturated heterocycles. The van der Waals surface area contributed by atoms with Gasteiger partial charge in [-0.2, -0.15) is 0 Å². The second-order valence-corrected chi connectivity index (χ2v) is 5.48. The summed E-state index contributed by atoms with van der Waals surface area (Å²) < 4.78 is 5.74. The monoisotopic (exact) mass is 253 g/mol. The Kier molecular flexibility index (Phi) is 2.94. The Morgan fingerprint density at radius 1 is 1.11 bits per heavy atom. The molecule has 1 heterocycles. The van der Waals surface area contributed by atoms with Gasteiger partial charge < -0.3 is 10.5 Å². The molecule has 2 heteroatoms. The van der Waals surface area contributed by atoms with E-state index < -0.39 is 0 Å². The van der Waals surface area contributed by atoms with E-state index >= 15 is 0 Å². The Balaban J connectivity index is 1.95. The lowest BCUT2D eigenvalue weighted by Gasteiger charge is -2.12. The maximum Gasteiger partial charge on any atom is 0.123 e. The molecule has 19 heavy (non-hydrogen) atoms. The Bertz CT molecular complexity index is 587. The van der Waals surface area contributed by atoms with Gasteiger partial charge in [0.25, 0.3) is 0 Å². The zero-order chi connectivity index (χ0) is 13.4. The normalized spacial score (nSPS) is 17.3. The fourth-order valence-corrected chi connectivity index (χ4v) is 2.62. The SMILES string of the molecule is CC(C)c1ccc([C@H]2COc3ccc(N)cc32)cc1. The highest BCUT2D eigenvalue weighted by molar-refractivity contribution is 5.54. The van der Waals surface area contributed by atoms with Gasteiger partial charge in [0.2, 0.25) is 0 Å². The van der Waals surface area contributed by atoms with E-state index in [9.17, 15) is 0 Å². The van der Waals surface area contributed by atoms with Crippen LogP contribution in [-0.2, 0) is 0 Å². The summed E-state index contributed by atoms with van der Waals surface area (Å²) in [6.07, 6.45) is 0. The maximum atomic E-state index is 5.88. The Labute approximate surface area is 114 Å². The molecule has 0 aromatic heterocycles. The van der Waals surface area contributed by atoms with Crippen LogP contribution in [0.15, 0.2) is 42.5 Å². The fraction of sp³-hybridized carbons (Fsp3) is 0.294. The number of anilines is 1. The van der Waals surface area contributed by atoms with Gasteiger partial charge in [0.1, 0.15) is 5.75 Å². The van der Waals surface area contributed by atoms with Crippen molar-refractivity contribution in [3.63, 3.8) is 0 Å². The van der Waals surface area contributed by atoms with Gasteiger partial charge in [-0.25, -0.2) is 0 Å². The lowest BCUT2D eigenvalue weighted by molar-refractivity contribution is 0.343. The number of nitrogens with two attached hydrogens (primary N) is 1. The third-order valence-corrected chi connectivity index (χ3v) is 3.82. The number of nitrogen functional groups attached to an aromatic ring is 1. The van der Waals surface area contributed by atoms with Crippen molar-refractivity contribution >= 4 is 5.69 Å². The highest BCUT2D eigenvalue weighted by Crippen LogP contribution is 2.39. The van der Waals surface area contributed by atoms with Crippen LogP contribution in [0.5, 0.6) is 5.75 Å². The van der Waals surface area contributed by atoms with E-state index in [1.165, 1.54) is 16.7 Å². The van der Waals surface area contributed by atoms with Crippen molar-refractivity contribution < 1.29 is 4.74 Å². The lowest BCUT2D eigenvalue weighted by Crippen LogP contribution is -2.03. The largest absolute Gasteiger partial charge is 0.492 e. The predicted molar refractivity (Wildman–Crippen MR) is 78.7 cm³/mol. The average molecular weight is 253 g/mol. The standard InChI is InChI=1S/C17H19NO/c1-11(2)12-3-5-13(6-4-12)16-10-19-17-8-7-14(18)9-15(16)17/h3-9,11,16H,10,18H2,1-2H3/t16-/m1/s1. The van der Waals surface area contributed by atoms with E-state index in [4.69, 9.17) is 10.5 Å². The van der Waals surface area contributed by atoms with Gasteiger partial charge in [-0.05, 0) is 35.2 Å². The maximum absolute atomic E-state index is 5.88. The molecule has 1 aliphatic rings. The van der Waals surface area contributed by atoms with Crippen LogP contribution in [0, 0.1) is 0 Å². The summed E-state index contributed by atoms with van der Waals surface area (Å²) in [6.45, 7) is 5.13. The molecule has 0 unspecified atom stereocenters. The summed E-state index contributed by atoms with van der Waals surface area (Å²) >= 11 is 0. The van der Waals surface area contributed by atoms with Crippen LogP contribution in [0.3, 0.4) is 0 Å². The number of ether oxygens (including phenoxy) is 1. The molecule has 98 valence electrons. The molecule has 2 aromatic carbocycles. The zero-order valence-corrected chi connectivity index (χ0v) is 11.4. The van der Waals surface area contributed by atoms with Crippen molar-refractivity contribution in [2.24, 2.45) is 0 Å². The molecule has 1 aliphatic heterocycles. The van der Waals surface area contributed by atoms with Crippen molar-refractivity contribution in [3.05, 3.63) is 59.2 Å². The first kappa shape index (κ1) is 12.1. The van der Waals surface area contributed by atoms with Gasteiger partial charge in [-0.3, -0.25) is 0 Å². The molecule has 2 N–H and O–H groups in total. The van der Waals surface area contributed by atoms with Gasteiger partial charge in [-0.15, -0.1) is 0 Å². The van der Waals surface area contributed by atoms with E-state index in [1.54, 1.807) is 0 Å². The second-order valence-electron chi connectivity index (χ2n) is 5.48. The van der Waals surface area contributed by atoms with Gasteiger partial charge in [0.05, 0.1) is 6.61 Å². The van der Waals surface area contributed by atoms with Gasteiger partial charge in [0.15, 0.2) is 0 Å². The number of hydrogen-bond donors (Lipinski definition) is 1. The number of hydrogen-bond acceptors (Lipinski definition) is 2. The van der Waals surface area contributed by atoms with Crippen LogP contribution in [-0.4, -0.2) is 6.61 Å². The van der Waals surface area contributed by atoms with E-state index in [1.807, 2.05) is 18.2 Å². The molecule has 1 atom stereocenters. The predicted octanol–water partition coefficient (Wildman–Crippen LogP) is 3.92. The van der Waals surface area contributed by atoms with Crippen molar-refractivity contribution in [2.75, 3.05) is 12.3 Å². The molecule has 0 spiro atoms. The molecular weight excluding hydrogens is 234 g/mol. The summed E-state index contributed by atoms with van der Waals surface area (Å²) in [6, 6.07) is 14.7. The Hall–Kier alpha value is -1.96. The first-order chi connectivity index (χ1) is 9.15. The molecule has 2 aromatic rings. The number of fused-ring (bicyclic) bond motifs is 1. The highest BCUT2D eigenvalue weighted by atomic mass is 16.5. The molecule has 0 amide bonds. The minimum absolute atomic E-state index is 0.305. The molecule has 0 fully saturated rings. The van der Waals surface area contributed by atoms with Crippen molar-refractivity contribution in [2.45, 2.75) is 25.7 Å².